The Morgan fingerprint density at radius 3 is 1.91 bits per heavy atom. The number of ether oxygens (including phenoxy) is 7. The average Bonchev–Trinajstić information content (AvgIpc) is 3.18. The van der Waals surface area contributed by atoms with Crippen molar-refractivity contribution in [2.24, 2.45) is 11.7 Å². The van der Waals surface area contributed by atoms with Gasteiger partial charge in [-0.25, -0.2) is 19.2 Å². The van der Waals surface area contributed by atoms with E-state index >= 15 is 0 Å². The molecule has 0 aromatic carbocycles. The zero-order valence-electron chi connectivity index (χ0n) is 43.3. The van der Waals surface area contributed by atoms with Crippen LogP contribution in [0.15, 0.2) is 11.8 Å². The van der Waals surface area contributed by atoms with Crippen LogP contribution < -0.4 is 32.3 Å². The summed E-state index contributed by atoms with van der Waals surface area (Å²) < 4.78 is 40.5. The fraction of sp³-hybridized carbons (Fsp3) is 0.848. The van der Waals surface area contributed by atoms with Gasteiger partial charge in [-0.05, 0) is 115 Å². The Bertz CT molecular complexity index is 1790. The molecule has 3 aliphatic rings. The third-order valence-electron chi connectivity index (χ3n) is 11.0. The van der Waals surface area contributed by atoms with Crippen LogP contribution in [-0.4, -0.2) is 196 Å². The highest BCUT2D eigenvalue weighted by Crippen LogP contribution is 2.39. The maximum Gasteiger partial charge on any atom is 0.410 e. The average molecular weight is 1010 g/mol. The molecule has 24 nitrogen and oxygen atoms in total. The second-order valence-corrected chi connectivity index (χ2v) is 22.3. The Hall–Kier alpha value is -4.27. The molecular formula is C46H83N7O17. The molecule has 1 saturated carbocycles. The minimum absolute atomic E-state index is 0.0630. The molecule has 0 radical (unpaired) electrons. The molecule has 24 heteroatoms. The van der Waals surface area contributed by atoms with E-state index in [-0.39, 0.29) is 45.4 Å². The van der Waals surface area contributed by atoms with Crippen molar-refractivity contribution in [3.63, 3.8) is 0 Å². The second kappa shape index (κ2) is 24.4. The van der Waals surface area contributed by atoms with Crippen LogP contribution in [0.2, 0.25) is 0 Å². The lowest BCUT2D eigenvalue weighted by molar-refractivity contribution is -0.305. The zero-order valence-corrected chi connectivity index (χ0v) is 43.3. The Morgan fingerprint density at radius 1 is 0.800 bits per heavy atom. The number of rotatable bonds is 16. The van der Waals surface area contributed by atoms with Crippen molar-refractivity contribution in [2.75, 3.05) is 39.8 Å². The number of likely N-dealkylation sites (N-methyl/N-ethyl adjacent to an activating group) is 1. The predicted octanol–water partition coefficient (Wildman–Crippen LogP) is 0.585. The first-order valence-electron chi connectivity index (χ1n) is 23.7. The molecule has 0 aromatic rings. The molecule has 12 N–H and O–H groups in total. The highest BCUT2D eigenvalue weighted by atomic mass is 16.7. The van der Waals surface area contributed by atoms with Crippen LogP contribution in [0.1, 0.15) is 109 Å². The normalized spacial score (nSPS) is 29.5. The van der Waals surface area contributed by atoms with E-state index in [0.29, 0.717) is 5.76 Å². The monoisotopic (exact) mass is 1010 g/mol. The number of carbonyl (C=O) groups is 5. The van der Waals surface area contributed by atoms with Gasteiger partial charge in [0.15, 0.2) is 6.29 Å². The number of carbonyl (C=O) groups excluding carboxylic acids is 5. The maximum atomic E-state index is 13.8. The fourth-order valence-electron chi connectivity index (χ4n) is 8.22. The van der Waals surface area contributed by atoms with Crippen molar-refractivity contribution in [3.8, 4) is 0 Å². The van der Waals surface area contributed by atoms with Crippen LogP contribution in [0.5, 0.6) is 0 Å². The van der Waals surface area contributed by atoms with Crippen LogP contribution in [-0.2, 0) is 38.0 Å². The number of amides is 5. The summed E-state index contributed by atoms with van der Waals surface area (Å²) in [6.07, 6.45) is -12.6. The second-order valence-electron chi connectivity index (χ2n) is 22.3. The van der Waals surface area contributed by atoms with Gasteiger partial charge in [0.05, 0.1) is 37.4 Å². The lowest BCUT2D eigenvalue weighted by Crippen LogP contribution is -2.71. The van der Waals surface area contributed by atoms with Crippen molar-refractivity contribution < 1.29 is 82.7 Å². The number of aliphatic hydroxyl groups excluding tert-OH is 4. The van der Waals surface area contributed by atoms with Crippen molar-refractivity contribution in [1.82, 2.24) is 31.5 Å². The Labute approximate surface area is 411 Å². The van der Waals surface area contributed by atoms with Crippen molar-refractivity contribution >= 4 is 30.3 Å². The Kier molecular flexibility index (Phi) is 21.0. The molecule has 70 heavy (non-hydrogen) atoms. The third kappa shape index (κ3) is 19.1. The van der Waals surface area contributed by atoms with Gasteiger partial charge in [0.2, 0.25) is 5.91 Å². The van der Waals surface area contributed by atoms with E-state index in [9.17, 15) is 49.5 Å². The highest BCUT2D eigenvalue weighted by molar-refractivity contribution is 5.81. The summed E-state index contributed by atoms with van der Waals surface area (Å²) in [6.45, 7) is 20.3. The van der Waals surface area contributed by atoms with Gasteiger partial charge in [0.25, 0.3) is 0 Å². The van der Waals surface area contributed by atoms with Gasteiger partial charge >= 0.3 is 24.4 Å². The van der Waals surface area contributed by atoms with Gasteiger partial charge < -0.3 is 95.9 Å². The number of nitrogens with zero attached hydrogens (tertiary/aromatic N) is 1. The van der Waals surface area contributed by atoms with Crippen molar-refractivity contribution in [1.29, 1.82) is 0 Å². The van der Waals surface area contributed by atoms with Crippen molar-refractivity contribution in [2.45, 2.75) is 204 Å². The first-order chi connectivity index (χ1) is 32.0. The summed E-state index contributed by atoms with van der Waals surface area (Å²) >= 11 is 0. The van der Waals surface area contributed by atoms with Gasteiger partial charge in [-0.1, -0.05) is 0 Å². The molecule has 2 fully saturated rings. The minimum atomic E-state index is -1.86. The van der Waals surface area contributed by atoms with E-state index in [1.807, 2.05) is 0 Å². The number of nitrogens with one attached hydrogen (secondary N) is 5. The molecule has 2 unspecified atom stereocenters. The van der Waals surface area contributed by atoms with Crippen LogP contribution in [0.3, 0.4) is 0 Å². The van der Waals surface area contributed by atoms with Gasteiger partial charge in [-0.15, -0.1) is 0 Å². The summed E-state index contributed by atoms with van der Waals surface area (Å²) in [4.78, 5) is 66.4. The van der Waals surface area contributed by atoms with Gasteiger partial charge in [-0.3, -0.25) is 4.79 Å². The molecular weight excluding hydrogens is 923 g/mol. The molecule has 5 amide bonds. The number of hydrogen-bond donors (Lipinski definition) is 11. The molecule has 404 valence electrons. The summed E-state index contributed by atoms with van der Waals surface area (Å²) in [5.41, 5.74) is 0.699. The van der Waals surface area contributed by atoms with Crippen LogP contribution in [0.4, 0.5) is 19.2 Å². The molecule has 0 aromatic heterocycles. The SMILES string of the molecule is CN(C(=O)OC(C)(C)C)[C@@H]1[C@@H](O)[C@@H](O[C@@H]2[C@@H](O)[C@H](C3OC(CN)=CC[C@H]3NCC(O)CNC(=O)OC(C)(C)C)[C@@H](NC(=O)OC(C)(C)C)C[C@H]2NC(=O)[C@@H](O)CCNC(=O)OC(C)(C)C)OC[C@]1(C)O. The summed E-state index contributed by atoms with van der Waals surface area (Å²) in [7, 11) is 1.32. The predicted molar refractivity (Wildman–Crippen MR) is 252 cm³/mol. The summed E-state index contributed by atoms with van der Waals surface area (Å²) in [5, 5.41) is 72.0. The molecule has 2 heterocycles. The first-order valence-corrected chi connectivity index (χ1v) is 23.7. The first kappa shape index (κ1) is 60.0. The standard InChI is InChI=1S/C46H83N7O17/c1-42(2,3)67-38(59)48-18-17-29(55)36(58)51-28-19-27(52-40(61)69-44(7,8)9)30(33-26(16-15-25(20-47)65-33)49-21-24(54)22-50-39(60)68-43(4,5)6)31(56)34(28)66-37-32(57)35(46(13,63)23-64-37)53(14)41(62)70-45(10,11)12/h15,24,26-35,37,49,54-57,63H,16-23,47H2,1-14H3,(H,48,59)(H,50,60)(H,51,58)(H,52,61)/t24?,26-,27+,28-,29+,30-,31+,32-,33?,34+,35-,37-,46+/m1/s1. The fourth-order valence-corrected chi connectivity index (χ4v) is 8.22. The third-order valence-corrected chi connectivity index (χ3v) is 11.0. The largest absolute Gasteiger partial charge is 0.492 e. The maximum absolute atomic E-state index is 13.8. The molecule has 13 atom stereocenters. The van der Waals surface area contributed by atoms with E-state index in [1.54, 1.807) is 89.2 Å². The lowest BCUT2D eigenvalue weighted by Gasteiger charge is -2.52. The van der Waals surface area contributed by atoms with E-state index in [0.717, 1.165) is 4.90 Å². The molecule has 0 bridgehead atoms. The van der Waals surface area contributed by atoms with Crippen LogP contribution in [0.25, 0.3) is 0 Å². The van der Waals surface area contributed by atoms with Crippen LogP contribution in [0, 0.1) is 5.92 Å². The highest BCUT2D eigenvalue weighted by Gasteiger charge is 2.56. The number of hydrogen-bond acceptors (Lipinski definition) is 19. The lowest BCUT2D eigenvalue weighted by atomic mass is 9.72. The molecule has 3 rings (SSSR count). The van der Waals surface area contributed by atoms with Gasteiger partial charge in [0.1, 0.15) is 58.2 Å². The summed E-state index contributed by atoms with van der Waals surface area (Å²) in [6, 6.07) is -4.54. The minimum Gasteiger partial charge on any atom is -0.492 e. The quantitative estimate of drug-likeness (QED) is 0.0943. The Balaban J connectivity index is 2.09. The number of nitrogens with two attached hydrogens (primary N) is 1. The molecule has 0 spiro atoms. The van der Waals surface area contributed by atoms with E-state index in [2.05, 4.69) is 26.6 Å². The molecule has 1 aliphatic carbocycles. The van der Waals surface area contributed by atoms with E-state index < -0.39 is 138 Å². The number of alkyl carbamates (subject to hydrolysis) is 3. The van der Waals surface area contributed by atoms with E-state index in [1.165, 1.54) is 14.0 Å². The van der Waals surface area contributed by atoms with Gasteiger partial charge in [0, 0.05) is 44.7 Å². The zero-order chi connectivity index (χ0) is 53.3. The molecule has 2 aliphatic heterocycles. The topological polar surface area (TPSA) is 341 Å². The molecule has 1 saturated heterocycles. The van der Waals surface area contributed by atoms with Crippen LogP contribution >= 0.6 is 0 Å². The van der Waals surface area contributed by atoms with Gasteiger partial charge in [-0.2, -0.15) is 0 Å². The van der Waals surface area contributed by atoms with Crippen molar-refractivity contribution in [3.05, 3.63) is 11.8 Å². The Morgan fingerprint density at radius 2 is 1.36 bits per heavy atom. The summed E-state index contributed by atoms with van der Waals surface area (Å²) in [5.74, 6) is -1.81. The van der Waals surface area contributed by atoms with E-state index in [4.69, 9.17) is 38.9 Å². The smallest absolute Gasteiger partial charge is 0.410 e. The number of aliphatic hydroxyl groups is 5.